The van der Waals surface area contributed by atoms with E-state index in [9.17, 15) is 8.42 Å². The first kappa shape index (κ1) is 17.9. The van der Waals surface area contributed by atoms with Crippen molar-refractivity contribution in [2.24, 2.45) is 0 Å². The van der Waals surface area contributed by atoms with Gasteiger partial charge in [-0.3, -0.25) is 0 Å². The van der Waals surface area contributed by atoms with E-state index in [0.29, 0.717) is 19.0 Å². The molecule has 120 valence electrons. The highest BCUT2D eigenvalue weighted by Gasteiger charge is 2.39. The molecule has 6 heteroatoms. The molecule has 0 amide bonds. The lowest BCUT2D eigenvalue weighted by atomic mass is 9.76. The van der Waals surface area contributed by atoms with Crippen molar-refractivity contribution in [3.8, 4) is 0 Å². The van der Waals surface area contributed by atoms with Crippen LogP contribution in [-0.2, 0) is 10.0 Å². The monoisotopic (exact) mass is 305 g/mol. The molecule has 0 atom stereocenters. The van der Waals surface area contributed by atoms with Crippen LogP contribution in [0.15, 0.2) is 0 Å². The first-order valence-corrected chi connectivity index (χ1v) is 9.31. The van der Waals surface area contributed by atoms with Crippen molar-refractivity contribution < 1.29 is 8.42 Å². The molecule has 0 aromatic heterocycles. The van der Waals surface area contributed by atoms with Gasteiger partial charge in [-0.25, -0.2) is 13.1 Å². The van der Waals surface area contributed by atoms with Crippen LogP contribution in [0, 0.1) is 0 Å². The minimum atomic E-state index is -3.13. The van der Waals surface area contributed by atoms with Gasteiger partial charge in [0.2, 0.25) is 10.0 Å². The second-order valence-corrected chi connectivity index (χ2v) is 8.35. The summed E-state index contributed by atoms with van der Waals surface area (Å²) in [5, 5.41) is 3.30. The molecule has 0 aromatic rings. The summed E-state index contributed by atoms with van der Waals surface area (Å²) in [5.74, 6) is 0.232. The van der Waals surface area contributed by atoms with Gasteiger partial charge in [-0.2, -0.15) is 0 Å². The normalized spacial score (nSPS) is 18.5. The Hall–Kier alpha value is -0.170. The number of likely N-dealkylation sites (N-methyl/N-ethyl adjacent to an activating group) is 1. The van der Waals surface area contributed by atoms with E-state index in [0.717, 1.165) is 25.8 Å². The average Bonchev–Trinajstić information content (AvgIpc) is 2.25. The highest BCUT2D eigenvalue weighted by Crippen LogP contribution is 2.35. The topological polar surface area (TPSA) is 61.4 Å². The summed E-state index contributed by atoms with van der Waals surface area (Å²) < 4.78 is 26.8. The molecule has 0 saturated heterocycles. The first-order chi connectivity index (χ1) is 9.27. The van der Waals surface area contributed by atoms with Crippen molar-refractivity contribution in [2.75, 3.05) is 32.9 Å². The summed E-state index contributed by atoms with van der Waals surface area (Å²) in [5.41, 5.74) is 0.0479. The molecule has 0 unspecified atom stereocenters. The summed E-state index contributed by atoms with van der Waals surface area (Å²) >= 11 is 0. The Morgan fingerprint density at radius 3 is 2.30 bits per heavy atom. The van der Waals surface area contributed by atoms with Crippen LogP contribution in [-0.4, -0.2) is 57.8 Å². The number of nitrogens with one attached hydrogen (secondary N) is 2. The van der Waals surface area contributed by atoms with E-state index in [1.54, 1.807) is 0 Å². The summed E-state index contributed by atoms with van der Waals surface area (Å²) in [4.78, 5) is 2.16. The van der Waals surface area contributed by atoms with Gasteiger partial charge < -0.3 is 10.2 Å². The van der Waals surface area contributed by atoms with E-state index in [2.05, 4.69) is 28.8 Å². The molecule has 0 aromatic carbocycles. The van der Waals surface area contributed by atoms with Gasteiger partial charge in [0.15, 0.2) is 0 Å². The van der Waals surface area contributed by atoms with Crippen molar-refractivity contribution in [3.63, 3.8) is 0 Å². The van der Waals surface area contributed by atoms with Crippen LogP contribution in [0.25, 0.3) is 0 Å². The van der Waals surface area contributed by atoms with Crippen LogP contribution in [0.2, 0.25) is 0 Å². The quantitative estimate of drug-likeness (QED) is 0.595. The molecule has 2 N–H and O–H groups in total. The fourth-order valence-corrected chi connectivity index (χ4v) is 3.71. The smallest absolute Gasteiger partial charge is 0.211 e. The third kappa shape index (κ3) is 5.68. The zero-order valence-corrected chi connectivity index (χ0v) is 14.2. The van der Waals surface area contributed by atoms with Crippen LogP contribution in [0.4, 0.5) is 0 Å². The number of unbranched alkanes of at least 4 members (excludes halogenated alkanes) is 1. The number of sulfonamides is 1. The fourth-order valence-electron chi connectivity index (χ4n) is 2.49. The van der Waals surface area contributed by atoms with E-state index < -0.39 is 10.0 Å². The number of hydrogen-bond acceptors (Lipinski definition) is 4. The molecule has 20 heavy (non-hydrogen) atoms. The van der Waals surface area contributed by atoms with Gasteiger partial charge in [-0.05, 0) is 52.7 Å². The first-order valence-electron chi connectivity index (χ1n) is 7.66. The minimum absolute atomic E-state index is 0.0479. The Labute approximate surface area is 124 Å². The highest BCUT2D eigenvalue weighted by molar-refractivity contribution is 7.89. The molecule has 5 nitrogen and oxygen atoms in total. The fraction of sp³-hybridized carbons (Fsp3) is 1.00. The molecule has 1 saturated carbocycles. The maximum Gasteiger partial charge on any atom is 0.211 e. The van der Waals surface area contributed by atoms with E-state index >= 15 is 0 Å². The summed E-state index contributed by atoms with van der Waals surface area (Å²) in [6.45, 7) is 5.62. The molecular formula is C14H31N3O2S. The standard InChI is InChI=1S/C14H31N3O2S/c1-13(2)15-10-5-6-11-20(18,19)16-12-14(17(3)4)8-7-9-14/h13,15-16H,5-12H2,1-4H3. The van der Waals surface area contributed by atoms with Crippen molar-refractivity contribution >= 4 is 10.0 Å². The Morgan fingerprint density at radius 1 is 1.20 bits per heavy atom. The predicted molar refractivity (Wildman–Crippen MR) is 84.4 cm³/mol. The van der Waals surface area contributed by atoms with Gasteiger partial charge in [-0.1, -0.05) is 13.8 Å². The molecule has 1 fully saturated rings. The Bertz CT molecular complexity index is 376. The van der Waals surface area contributed by atoms with Crippen molar-refractivity contribution in [1.82, 2.24) is 14.9 Å². The Morgan fingerprint density at radius 2 is 1.85 bits per heavy atom. The maximum absolute atomic E-state index is 12.0. The summed E-state index contributed by atoms with van der Waals surface area (Å²) in [7, 11) is 0.936. The van der Waals surface area contributed by atoms with E-state index in [4.69, 9.17) is 0 Å². The van der Waals surface area contributed by atoms with Gasteiger partial charge >= 0.3 is 0 Å². The second kappa shape index (κ2) is 7.73. The number of nitrogens with zero attached hydrogens (tertiary/aromatic N) is 1. The molecule has 0 radical (unpaired) electrons. The van der Waals surface area contributed by atoms with E-state index in [1.165, 1.54) is 6.42 Å². The van der Waals surface area contributed by atoms with Crippen molar-refractivity contribution in [2.45, 2.75) is 57.5 Å². The SMILES string of the molecule is CC(C)NCCCCS(=O)(=O)NCC1(N(C)C)CCC1. The van der Waals surface area contributed by atoms with Gasteiger partial charge in [0.25, 0.3) is 0 Å². The molecular weight excluding hydrogens is 274 g/mol. The van der Waals surface area contributed by atoms with Crippen LogP contribution in [0.5, 0.6) is 0 Å². The molecule has 0 aliphatic heterocycles. The van der Waals surface area contributed by atoms with Gasteiger partial charge in [0, 0.05) is 18.1 Å². The lowest BCUT2D eigenvalue weighted by molar-refractivity contribution is 0.0657. The maximum atomic E-state index is 12.0. The largest absolute Gasteiger partial charge is 0.315 e. The Kier molecular flexibility index (Phi) is 6.91. The Balaban J connectivity index is 2.24. The zero-order valence-electron chi connectivity index (χ0n) is 13.4. The predicted octanol–water partition coefficient (Wildman–Crippen LogP) is 1.17. The highest BCUT2D eigenvalue weighted by atomic mass is 32.2. The third-order valence-electron chi connectivity index (χ3n) is 4.25. The van der Waals surface area contributed by atoms with Gasteiger partial charge in [0.1, 0.15) is 0 Å². The van der Waals surface area contributed by atoms with Crippen molar-refractivity contribution in [3.05, 3.63) is 0 Å². The van der Waals surface area contributed by atoms with Gasteiger partial charge in [-0.15, -0.1) is 0 Å². The van der Waals surface area contributed by atoms with E-state index in [-0.39, 0.29) is 11.3 Å². The van der Waals surface area contributed by atoms with Crippen LogP contribution < -0.4 is 10.0 Å². The zero-order chi connectivity index (χ0) is 15.2. The van der Waals surface area contributed by atoms with Crippen molar-refractivity contribution in [1.29, 1.82) is 0 Å². The molecule has 1 aliphatic carbocycles. The molecule has 0 spiro atoms. The number of hydrogen-bond donors (Lipinski definition) is 2. The summed E-state index contributed by atoms with van der Waals surface area (Å²) in [6, 6.07) is 0.461. The van der Waals surface area contributed by atoms with Gasteiger partial charge in [0.05, 0.1) is 5.75 Å². The molecule has 1 rings (SSSR count). The molecule has 1 aliphatic rings. The van der Waals surface area contributed by atoms with E-state index in [1.807, 2.05) is 14.1 Å². The minimum Gasteiger partial charge on any atom is -0.315 e. The van der Waals surface area contributed by atoms with Crippen LogP contribution >= 0.6 is 0 Å². The summed E-state index contributed by atoms with van der Waals surface area (Å²) in [6.07, 6.45) is 4.98. The van der Waals surface area contributed by atoms with Crippen LogP contribution in [0.1, 0.15) is 46.0 Å². The molecule has 0 heterocycles. The lowest BCUT2D eigenvalue weighted by Gasteiger charge is -2.47. The molecule has 0 bridgehead atoms. The third-order valence-corrected chi connectivity index (χ3v) is 5.66. The number of rotatable bonds is 10. The second-order valence-electron chi connectivity index (χ2n) is 6.43. The average molecular weight is 305 g/mol. The van der Waals surface area contributed by atoms with Crippen LogP contribution in [0.3, 0.4) is 0 Å². The lowest BCUT2D eigenvalue weighted by Crippen LogP contribution is -2.57.